The summed E-state index contributed by atoms with van der Waals surface area (Å²) in [6.45, 7) is 0. The van der Waals surface area contributed by atoms with E-state index in [9.17, 15) is 8.42 Å². The van der Waals surface area contributed by atoms with Gasteiger partial charge in [-0.3, -0.25) is 0 Å². The number of nitrogens with one attached hydrogen (secondary N) is 1. The maximum absolute atomic E-state index is 11.4. The van der Waals surface area contributed by atoms with Crippen molar-refractivity contribution in [3.05, 3.63) is 30.3 Å². The molecule has 0 saturated heterocycles. The van der Waals surface area contributed by atoms with Crippen LogP contribution < -0.4 is 4.72 Å². The normalized spacial score (nSPS) is 11.5. The van der Waals surface area contributed by atoms with Crippen molar-refractivity contribution in [3.63, 3.8) is 0 Å². The highest BCUT2D eigenvalue weighted by molar-refractivity contribution is 9.50. The van der Waals surface area contributed by atoms with Gasteiger partial charge in [-0.15, -0.1) is 0 Å². The van der Waals surface area contributed by atoms with Gasteiger partial charge in [0.2, 0.25) is 10.0 Å². The standard InChI is InChI=1S/C7H8BrNO2S2/c8-12-6-9-13(10,11)7-4-2-1-3-5-7/h1-5,9H,6H2. The zero-order valence-electron chi connectivity index (χ0n) is 6.60. The van der Waals surface area contributed by atoms with E-state index >= 15 is 0 Å². The van der Waals surface area contributed by atoms with Gasteiger partial charge in [-0.1, -0.05) is 28.4 Å². The zero-order valence-corrected chi connectivity index (χ0v) is 9.82. The Bertz CT molecular complexity index is 352. The van der Waals surface area contributed by atoms with Gasteiger partial charge in [0.1, 0.15) is 0 Å². The van der Waals surface area contributed by atoms with Gasteiger partial charge >= 0.3 is 0 Å². The van der Waals surface area contributed by atoms with Crippen LogP contribution >= 0.6 is 25.0 Å². The molecule has 6 heteroatoms. The van der Waals surface area contributed by atoms with Gasteiger partial charge in [0.15, 0.2) is 0 Å². The summed E-state index contributed by atoms with van der Waals surface area (Å²) in [6, 6.07) is 8.27. The zero-order chi connectivity index (χ0) is 9.73. The van der Waals surface area contributed by atoms with Crippen LogP contribution in [0.1, 0.15) is 0 Å². The van der Waals surface area contributed by atoms with Crippen molar-refractivity contribution in [2.24, 2.45) is 0 Å². The first kappa shape index (κ1) is 11.0. The van der Waals surface area contributed by atoms with Crippen molar-refractivity contribution >= 4 is 35.0 Å². The van der Waals surface area contributed by atoms with Crippen molar-refractivity contribution in [3.8, 4) is 0 Å². The average molecular weight is 282 g/mol. The molecule has 13 heavy (non-hydrogen) atoms. The molecule has 1 N–H and O–H groups in total. The molecule has 72 valence electrons. The predicted octanol–water partition coefficient (Wildman–Crippen LogP) is 1.97. The third kappa shape index (κ3) is 3.30. The lowest BCUT2D eigenvalue weighted by Gasteiger charge is -2.03. The summed E-state index contributed by atoms with van der Waals surface area (Å²) < 4.78 is 25.3. The Morgan fingerprint density at radius 2 is 1.92 bits per heavy atom. The summed E-state index contributed by atoms with van der Waals surface area (Å²) in [5, 5.41) is 0. The molecule has 0 aromatic heterocycles. The van der Waals surface area contributed by atoms with E-state index in [0.717, 1.165) is 0 Å². The minimum atomic E-state index is -3.32. The molecular formula is C7H8BrNO2S2. The maximum Gasteiger partial charge on any atom is 0.241 e. The number of hydrogen-bond acceptors (Lipinski definition) is 3. The summed E-state index contributed by atoms with van der Waals surface area (Å²) in [5.74, 6) is 0.317. The number of hydrogen-bond donors (Lipinski definition) is 1. The summed E-state index contributed by atoms with van der Waals surface area (Å²) in [7, 11) is -2.08. The van der Waals surface area contributed by atoms with Crippen molar-refractivity contribution < 1.29 is 8.42 Å². The van der Waals surface area contributed by atoms with Crippen LogP contribution in [0.2, 0.25) is 0 Å². The minimum absolute atomic E-state index is 0.288. The fourth-order valence-electron chi connectivity index (χ4n) is 0.783. The Kier molecular flexibility index (Phi) is 4.24. The van der Waals surface area contributed by atoms with Crippen LogP contribution in [0.5, 0.6) is 0 Å². The predicted molar refractivity (Wildman–Crippen MR) is 58.1 cm³/mol. The Balaban J connectivity index is 2.83. The fourth-order valence-corrected chi connectivity index (χ4v) is 3.10. The van der Waals surface area contributed by atoms with Gasteiger partial charge in [-0.2, -0.15) is 0 Å². The lowest BCUT2D eigenvalue weighted by molar-refractivity contribution is 0.587. The van der Waals surface area contributed by atoms with E-state index in [-0.39, 0.29) is 4.90 Å². The molecule has 1 aromatic carbocycles. The summed E-state index contributed by atoms with van der Waals surface area (Å²) >= 11 is 3.06. The molecule has 0 unspecified atom stereocenters. The van der Waals surface area contributed by atoms with Crippen molar-refractivity contribution in [2.75, 3.05) is 5.88 Å². The molecule has 0 aliphatic rings. The van der Waals surface area contributed by atoms with E-state index in [1.165, 1.54) is 10.2 Å². The molecule has 0 atom stereocenters. The van der Waals surface area contributed by atoms with E-state index in [2.05, 4.69) is 19.5 Å². The molecule has 0 amide bonds. The molecule has 0 aliphatic heterocycles. The highest BCUT2D eigenvalue weighted by Gasteiger charge is 2.11. The van der Waals surface area contributed by atoms with Crippen LogP contribution in [0, 0.1) is 0 Å². The van der Waals surface area contributed by atoms with Gasteiger partial charge in [-0.25, -0.2) is 13.1 Å². The number of benzene rings is 1. The number of halogens is 1. The lowest BCUT2D eigenvalue weighted by atomic mass is 10.4. The van der Waals surface area contributed by atoms with Gasteiger partial charge in [0, 0.05) is 0 Å². The Morgan fingerprint density at radius 1 is 1.31 bits per heavy atom. The molecular weight excluding hydrogens is 274 g/mol. The fraction of sp³-hybridized carbons (Fsp3) is 0.143. The van der Waals surface area contributed by atoms with E-state index in [1.54, 1.807) is 30.3 Å². The molecule has 0 aliphatic carbocycles. The van der Waals surface area contributed by atoms with Crippen LogP contribution in [-0.2, 0) is 10.0 Å². The first-order valence-electron chi connectivity index (χ1n) is 3.45. The lowest BCUT2D eigenvalue weighted by Crippen LogP contribution is -2.22. The van der Waals surface area contributed by atoms with Crippen LogP contribution in [0.3, 0.4) is 0 Å². The number of rotatable bonds is 4. The molecule has 0 spiro atoms. The van der Waals surface area contributed by atoms with E-state index in [1.807, 2.05) is 0 Å². The van der Waals surface area contributed by atoms with Gasteiger partial charge in [-0.05, 0) is 26.9 Å². The van der Waals surface area contributed by atoms with Crippen molar-refractivity contribution in [1.82, 2.24) is 4.72 Å². The maximum atomic E-state index is 11.4. The van der Waals surface area contributed by atoms with Gasteiger partial charge in [0.05, 0.1) is 10.8 Å². The first-order valence-corrected chi connectivity index (χ1v) is 7.76. The summed E-state index contributed by atoms with van der Waals surface area (Å²) in [4.78, 5) is 0.288. The topological polar surface area (TPSA) is 46.2 Å². The highest BCUT2D eigenvalue weighted by Crippen LogP contribution is 2.11. The summed E-state index contributed by atoms with van der Waals surface area (Å²) in [6.07, 6.45) is 0. The molecule has 0 radical (unpaired) electrons. The third-order valence-corrected chi connectivity index (χ3v) is 3.90. The second kappa shape index (κ2) is 4.99. The van der Waals surface area contributed by atoms with Crippen molar-refractivity contribution in [1.29, 1.82) is 0 Å². The average Bonchev–Trinajstić information content (AvgIpc) is 2.16. The van der Waals surface area contributed by atoms with Crippen molar-refractivity contribution in [2.45, 2.75) is 4.90 Å². The molecule has 1 rings (SSSR count). The quantitative estimate of drug-likeness (QED) is 0.859. The molecule has 0 heterocycles. The molecule has 0 bridgehead atoms. The van der Waals surface area contributed by atoms with Gasteiger partial charge in [0.25, 0.3) is 0 Å². The smallest absolute Gasteiger partial charge is 0.207 e. The van der Waals surface area contributed by atoms with Crippen LogP contribution in [-0.4, -0.2) is 14.3 Å². The highest BCUT2D eigenvalue weighted by atomic mass is 79.9. The number of sulfonamides is 1. The second-order valence-electron chi connectivity index (χ2n) is 2.21. The minimum Gasteiger partial charge on any atom is -0.207 e. The first-order chi connectivity index (χ1) is 6.17. The van der Waals surface area contributed by atoms with Crippen LogP contribution in [0.4, 0.5) is 0 Å². The molecule has 0 fully saturated rings. The third-order valence-electron chi connectivity index (χ3n) is 1.36. The van der Waals surface area contributed by atoms with E-state index in [4.69, 9.17) is 0 Å². The Morgan fingerprint density at radius 3 is 2.46 bits per heavy atom. The van der Waals surface area contributed by atoms with Crippen LogP contribution in [0.25, 0.3) is 0 Å². The molecule has 3 nitrogen and oxygen atoms in total. The Labute approximate surface area is 89.2 Å². The Hall–Kier alpha value is -0.0400. The second-order valence-corrected chi connectivity index (χ2v) is 5.86. The molecule has 1 aromatic rings. The van der Waals surface area contributed by atoms with Crippen LogP contribution in [0.15, 0.2) is 35.2 Å². The summed E-state index contributed by atoms with van der Waals surface area (Å²) in [5.41, 5.74) is 0. The van der Waals surface area contributed by atoms with E-state index < -0.39 is 10.0 Å². The largest absolute Gasteiger partial charge is 0.241 e. The monoisotopic (exact) mass is 281 g/mol. The molecule has 0 saturated carbocycles. The van der Waals surface area contributed by atoms with Gasteiger partial charge < -0.3 is 0 Å². The SMILES string of the molecule is O=S(=O)(NCSBr)c1ccccc1. The van der Waals surface area contributed by atoms with E-state index in [0.29, 0.717) is 5.88 Å².